The number of nitrogens with one attached hydrogen (secondary N) is 1. The van der Waals surface area contributed by atoms with Crippen molar-refractivity contribution in [2.75, 3.05) is 13.1 Å². The molecule has 1 amide bonds. The van der Waals surface area contributed by atoms with Gasteiger partial charge in [-0.05, 0) is 38.8 Å². The maximum absolute atomic E-state index is 13.2. The van der Waals surface area contributed by atoms with Crippen molar-refractivity contribution in [3.8, 4) is 0 Å². The van der Waals surface area contributed by atoms with E-state index in [2.05, 4.69) is 4.72 Å². The molecule has 0 aliphatic carbocycles. The van der Waals surface area contributed by atoms with E-state index in [1.54, 1.807) is 42.5 Å². The van der Waals surface area contributed by atoms with Gasteiger partial charge in [-0.15, -0.1) is 0 Å². The normalized spacial score (nSPS) is 15.7. The average Bonchev–Trinajstić information content (AvgIpc) is 3.12. The van der Waals surface area contributed by atoms with Gasteiger partial charge in [0.1, 0.15) is 10.7 Å². The molecular weight excluding hydrogens is 366 g/mol. The minimum absolute atomic E-state index is 0.0417. The van der Waals surface area contributed by atoms with Gasteiger partial charge in [-0.25, -0.2) is 13.1 Å². The molecule has 2 aromatic rings. The fraction of sp³-hybridized carbons (Fsp3) is 0.526. The number of hydrogen-bond acceptors (Lipinski definition) is 4. The van der Waals surface area contributed by atoms with Gasteiger partial charge in [0.25, 0.3) is 5.91 Å². The van der Waals surface area contributed by atoms with E-state index in [4.69, 9.17) is 4.42 Å². The Morgan fingerprint density at radius 1 is 1.15 bits per heavy atom. The van der Waals surface area contributed by atoms with E-state index < -0.39 is 10.0 Å². The van der Waals surface area contributed by atoms with Crippen molar-refractivity contribution in [1.82, 2.24) is 14.2 Å². The molecule has 1 N–H and O–H groups in total. The minimum atomic E-state index is -3.87. The van der Waals surface area contributed by atoms with Gasteiger partial charge in [0, 0.05) is 31.5 Å². The Morgan fingerprint density at radius 3 is 2.41 bits per heavy atom. The molecule has 148 valence electrons. The molecule has 8 heteroatoms. The third-order valence-corrected chi connectivity index (χ3v) is 6.88. The predicted octanol–water partition coefficient (Wildman–Crippen LogP) is 2.73. The average molecular weight is 394 g/mol. The maximum Gasteiger partial charge on any atom is 0.257 e. The quantitative estimate of drug-likeness (QED) is 0.846. The molecule has 27 heavy (non-hydrogen) atoms. The predicted molar refractivity (Wildman–Crippen MR) is 102 cm³/mol. The second-order valence-electron chi connectivity index (χ2n) is 7.04. The number of sulfonamides is 1. The van der Waals surface area contributed by atoms with Crippen molar-refractivity contribution in [2.24, 2.45) is 7.05 Å². The van der Waals surface area contributed by atoms with E-state index in [1.807, 2.05) is 0 Å². The summed E-state index contributed by atoms with van der Waals surface area (Å²) in [7, 11) is -2.08. The van der Waals surface area contributed by atoms with Gasteiger partial charge in [-0.3, -0.25) is 4.79 Å². The lowest BCUT2D eigenvalue weighted by atomic mass is 10.2. The second kappa shape index (κ2) is 7.90. The Kier molecular flexibility index (Phi) is 5.76. The fourth-order valence-electron chi connectivity index (χ4n) is 3.58. The summed E-state index contributed by atoms with van der Waals surface area (Å²) >= 11 is 0. The van der Waals surface area contributed by atoms with Gasteiger partial charge < -0.3 is 13.9 Å². The van der Waals surface area contributed by atoms with Crippen LogP contribution in [0.1, 0.15) is 53.2 Å². The van der Waals surface area contributed by atoms with Gasteiger partial charge in [-0.2, -0.15) is 0 Å². The first-order chi connectivity index (χ1) is 12.8. The first-order valence-corrected chi connectivity index (χ1v) is 10.8. The lowest BCUT2D eigenvalue weighted by Crippen LogP contribution is -2.34. The van der Waals surface area contributed by atoms with E-state index in [9.17, 15) is 13.2 Å². The largest absolute Gasteiger partial charge is 0.468 e. The lowest BCUT2D eigenvalue weighted by Gasteiger charge is -2.21. The van der Waals surface area contributed by atoms with Crippen LogP contribution in [0.15, 0.2) is 27.7 Å². The highest BCUT2D eigenvalue weighted by Gasteiger charge is 2.33. The van der Waals surface area contributed by atoms with Crippen molar-refractivity contribution in [1.29, 1.82) is 0 Å². The molecule has 1 fully saturated rings. The molecule has 7 nitrogen and oxygen atoms in total. The molecular formula is C19H27N3O4S. The summed E-state index contributed by atoms with van der Waals surface area (Å²) < 4.78 is 35.6. The molecule has 0 bridgehead atoms. The standard InChI is InChI=1S/C19H27N3O4S/c1-14-17(19(23)22-10-6-4-5-7-11-22)18(15(2)21(14)3)27(24,25)20-13-16-9-8-12-26-16/h8-9,12,20H,4-7,10-11,13H2,1-3H3. The highest BCUT2D eigenvalue weighted by molar-refractivity contribution is 7.89. The van der Waals surface area contributed by atoms with Gasteiger partial charge in [0.05, 0.1) is 18.4 Å². The first kappa shape index (κ1) is 19.7. The number of carbonyl (C=O) groups is 1. The third-order valence-electron chi connectivity index (χ3n) is 5.32. The zero-order valence-corrected chi connectivity index (χ0v) is 16.9. The molecule has 0 atom stereocenters. The van der Waals surface area contributed by atoms with Crippen LogP contribution in [-0.4, -0.2) is 36.9 Å². The molecule has 0 aromatic carbocycles. The number of rotatable bonds is 5. The van der Waals surface area contributed by atoms with Crippen molar-refractivity contribution in [3.05, 3.63) is 41.1 Å². The summed E-state index contributed by atoms with van der Waals surface area (Å²) in [6.45, 7) is 4.91. The molecule has 3 heterocycles. The van der Waals surface area contributed by atoms with E-state index in [1.165, 1.54) is 6.26 Å². The van der Waals surface area contributed by atoms with E-state index >= 15 is 0 Å². The van der Waals surface area contributed by atoms with Gasteiger partial charge in [0.2, 0.25) is 10.0 Å². The molecule has 0 saturated carbocycles. The molecule has 1 saturated heterocycles. The van der Waals surface area contributed by atoms with Crippen LogP contribution in [0.4, 0.5) is 0 Å². The molecule has 0 unspecified atom stereocenters. The third kappa shape index (κ3) is 3.96. The van der Waals surface area contributed by atoms with Crippen molar-refractivity contribution in [3.63, 3.8) is 0 Å². The van der Waals surface area contributed by atoms with E-state index in [-0.39, 0.29) is 22.9 Å². The summed E-state index contributed by atoms with van der Waals surface area (Å²) in [5, 5.41) is 0. The smallest absolute Gasteiger partial charge is 0.257 e. The molecule has 3 rings (SSSR count). The Labute approximate surface area is 160 Å². The summed E-state index contributed by atoms with van der Waals surface area (Å²) in [4.78, 5) is 15.1. The molecule has 1 aliphatic heterocycles. The first-order valence-electron chi connectivity index (χ1n) is 9.30. The van der Waals surface area contributed by atoms with Gasteiger partial charge in [0.15, 0.2) is 0 Å². The lowest BCUT2D eigenvalue weighted by molar-refractivity contribution is 0.0757. The number of furan rings is 1. The van der Waals surface area contributed by atoms with Gasteiger partial charge in [-0.1, -0.05) is 12.8 Å². The Bertz CT molecular complexity index is 905. The molecule has 0 radical (unpaired) electrons. The monoisotopic (exact) mass is 393 g/mol. The highest BCUT2D eigenvalue weighted by Crippen LogP contribution is 2.28. The number of aromatic nitrogens is 1. The number of amides is 1. The summed E-state index contributed by atoms with van der Waals surface area (Å²) in [5.74, 6) is 0.320. The number of carbonyl (C=O) groups excluding carboxylic acids is 1. The SMILES string of the molecule is Cc1c(C(=O)N2CCCCCC2)c(S(=O)(=O)NCc2ccco2)c(C)n1C. The van der Waals surface area contributed by atoms with Crippen molar-refractivity contribution in [2.45, 2.75) is 51.0 Å². The number of likely N-dealkylation sites (tertiary alicyclic amines) is 1. The fourth-order valence-corrected chi connectivity index (χ4v) is 5.09. The van der Waals surface area contributed by atoms with Crippen LogP contribution in [0.2, 0.25) is 0 Å². The van der Waals surface area contributed by atoms with Gasteiger partial charge >= 0.3 is 0 Å². The zero-order valence-electron chi connectivity index (χ0n) is 16.1. The second-order valence-corrected chi connectivity index (χ2v) is 8.75. The molecule has 1 aliphatic rings. The van der Waals surface area contributed by atoms with Crippen LogP contribution in [0.3, 0.4) is 0 Å². The van der Waals surface area contributed by atoms with Crippen LogP contribution in [0.5, 0.6) is 0 Å². The Balaban J connectivity index is 1.97. The molecule has 0 spiro atoms. The molecule has 2 aromatic heterocycles. The van der Waals surface area contributed by atoms with Crippen LogP contribution in [0.25, 0.3) is 0 Å². The van der Waals surface area contributed by atoms with Crippen LogP contribution < -0.4 is 4.72 Å². The maximum atomic E-state index is 13.2. The zero-order chi connectivity index (χ0) is 19.6. The topological polar surface area (TPSA) is 84.6 Å². The number of hydrogen-bond donors (Lipinski definition) is 1. The van der Waals surface area contributed by atoms with Crippen LogP contribution in [-0.2, 0) is 23.6 Å². The van der Waals surface area contributed by atoms with Crippen molar-refractivity contribution < 1.29 is 17.6 Å². The van der Waals surface area contributed by atoms with Crippen molar-refractivity contribution >= 4 is 15.9 Å². The van der Waals surface area contributed by atoms with Crippen LogP contribution in [0, 0.1) is 13.8 Å². The van der Waals surface area contributed by atoms with E-state index in [0.29, 0.717) is 30.2 Å². The van der Waals surface area contributed by atoms with Crippen LogP contribution >= 0.6 is 0 Å². The highest BCUT2D eigenvalue weighted by atomic mass is 32.2. The summed E-state index contributed by atoms with van der Waals surface area (Å²) in [6, 6.07) is 3.41. The Morgan fingerprint density at radius 2 is 1.81 bits per heavy atom. The number of nitrogens with zero attached hydrogens (tertiary/aromatic N) is 2. The van der Waals surface area contributed by atoms with E-state index in [0.717, 1.165) is 25.7 Å². The summed E-state index contributed by atoms with van der Waals surface area (Å²) in [5.41, 5.74) is 1.50. The Hall–Kier alpha value is -2.06. The minimum Gasteiger partial charge on any atom is -0.468 e. The summed E-state index contributed by atoms with van der Waals surface area (Å²) in [6.07, 6.45) is 5.61.